The molecule has 3 rings (SSSR count). The van der Waals surface area contributed by atoms with Gasteiger partial charge in [-0.2, -0.15) is 15.1 Å². The largest absolute Gasteiger partial charge is 0.381 e. The molecular weight excluding hydrogens is 268 g/mol. The summed E-state index contributed by atoms with van der Waals surface area (Å²) in [6, 6.07) is 0. The number of rotatable bonds is 9. The fourth-order valence-electron chi connectivity index (χ4n) is 2.12. The van der Waals surface area contributed by atoms with E-state index in [9.17, 15) is 0 Å². The molecule has 2 aromatic heterocycles. The quantitative estimate of drug-likeness (QED) is 0.612. The van der Waals surface area contributed by atoms with E-state index < -0.39 is 0 Å². The molecule has 0 aromatic carbocycles. The molecule has 2 aromatic rings. The molecular formula is C14H22N6O. The molecule has 0 amide bonds. The topological polar surface area (TPSA) is 87.8 Å². The van der Waals surface area contributed by atoms with E-state index in [1.807, 2.05) is 6.92 Å². The number of aromatic nitrogens is 4. The Kier molecular flexibility index (Phi) is 4.49. The molecule has 0 spiro atoms. The molecule has 0 atom stereocenters. The van der Waals surface area contributed by atoms with Crippen molar-refractivity contribution in [3.63, 3.8) is 0 Å². The summed E-state index contributed by atoms with van der Waals surface area (Å²) in [5.74, 6) is 2.25. The molecule has 3 N–H and O–H groups in total. The van der Waals surface area contributed by atoms with E-state index in [1.54, 1.807) is 6.20 Å². The second kappa shape index (κ2) is 6.71. The molecule has 1 aliphatic carbocycles. The van der Waals surface area contributed by atoms with Gasteiger partial charge in [0.2, 0.25) is 5.95 Å². The van der Waals surface area contributed by atoms with Gasteiger partial charge in [-0.15, -0.1) is 0 Å². The molecule has 0 saturated heterocycles. The van der Waals surface area contributed by atoms with Crippen LogP contribution in [-0.4, -0.2) is 46.5 Å². The van der Waals surface area contributed by atoms with Gasteiger partial charge in [0.05, 0.1) is 11.6 Å². The maximum Gasteiger partial charge on any atom is 0.226 e. The Bertz CT molecular complexity index is 580. The van der Waals surface area contributed by atoms with Gasteiger partial charge in [-0.1, -0.05) is 0 Å². The molecule has 1 saturated carbocycles. The average molecular weight is 290 g/mol. The lowest BCUT2D eigenvalue weighted by atomic mass is 10.3. The number of hydrogen-bond acceptors (Lipinski definition) is 6. The smallest absolute Gasteiger partial charge is 0.226 e. The third kappa shape index (κ3) is 3.81. The number of anilines is 2. The van der Waals surface area contributed by atoms with Crippen LogP contribution in [0.5, 0.6) is 0 Å². The number of ether oxygens (including phenoxy) is 1. The van der Waals surface area contributed by atoms with Crippen molar-refractivity contribution in [2.24, 2.45) is 5.92 Å². The zero-order chi connectivity index (χ0) is 14.5. The fourth-order valence-corrected chi connectivity index (χ4v) is 2.12. The van der Waals surface area contributed by atoms with Gasteiger partial charge >= 0.3 is 0 Å². The third-order valence-electron chi connectivity index (χ3n) is 3.45. The van der Waals surface area contributed by atoms with Crippen molar-refractivity contribution in [1.29, 1.82) is 0 Å². The van der Waals surface area contributed by atoms with E-state index in [-0.39, 0.29) is 0 Å². The molecule has 1 aliphatic rings. The van der Waals surface area contributed by atoms with Crippen LogP contribution in [0.15, 0.2) is 6.20 Å². The molecule has 1 fully saturated rings. The first kappa shape index (κ1) is 14.1. The van der Waals surface area contributed by atoms with Crippen LogP contribution in [0, 0.1) is 5.92 Å². The summed E-state index contributed by atoms with van der Waals surface area (Å²) >= 11 is 0. The van der Waals surface area contributed by atoms with Gasteiger partial charge in [-0.05, 0) is 32.1 Å². The Morgan fingerprint density at radius 2 is 2.24 bits per heavy atom. The highest BCUT2D eigenvalue weighted by atomic mass is 16.5. The van der Waals surface area contributed by atoms with Crippen LogP contribution in [-0.2, 0) is 4.74 Å². The minimum Gasteiger partial charge on any atom is -0.381 e. The van der Waals surface area contributed by atoms with Gasteiger partial charge in [-0.3, -0.25) is 5.10 Å². The number of aromatic amines is 1. The lowest BCUT2D eigenvalue weighted by Crippen LogP contribution is -2.10. The van der Waals surface area contributed by atoms with E-state index in [4.69, 9.17) is 4.74 Å². The Balaban J connectivity index is 1.52. The Morgan fingerprint density at radius 3 is 3.05 bits per heavy atom. The molecule has 0 unspecified atom stereocenters. The van der Waals surface area contributed by atoms with Gasteiger partial charge in [0.1, 0.15) is 5.82 Å². The number of hydrogen-bond donors (Lipinski definition) is 3. The maximum atomic E-state index is 5.63. The first-order valence-corrected chi connectivity index (χ1v) is 7.63. The van der Waals surface area contributed by atoms with Crippen LogP contribution >= 0.6 is 0 Å². The van der Waals surface area contributed by atoms with Crippen LogP contribution < -0.4 is 10.6 Å². The lowest BCUT2D eigenvalue weighted by molar-refractivity contribution is 0.124. The molecule has 114 valence electrons. The molecule has 7 nitrogen and oxygen atoms in total. The predicted molar refractivity (Wildman–Crippen MR) is 82.5 cm³/mol. The van der Waals surface area contributed by atoms with E-state index >= 15 is 0 Å². The zero-order valence-corrected chi connectivity index (χ0v) is 12.4. The highest BCUT2D eigenvalue weighted by Gasteiger charge is 2.20. The minimum absolute atomic E-state index is 0.613. The number of nitrogens with zero attached hydrogens (tertiary/aromatic N) is 3. The van der Waals surface area contributed by atoms with Crippen molar-refractivity contribution in [3.8, 4) is 0 Å². The Labute approximate surface area is 123 Å². The van der Waals surface area contributed by atoms with Crippen molar-refractivity contribution < 1.29 is 4.74 Å². The number of H-pyrrole nitrogens is 1. The van der Waals surface area contributed by atoms with Gasteiger partial charge in [0.25, 0.3) is 0 Å². The average Bonchev–Trinajstić information content (AvgIpc) is 3.18. The molecule has 21 heavy (non-hydrogen) atoms. The van der Waals surface area contributed by atoms with Crippen LogP contribution in [0.25, 0.3) is 11.0 Å². The van der Waals surface area contributed by atoms with Crippen LogP contribution in [0.4, 0.5) is 11.8 Å². The minimum atomic E-state index is 0.613. The molecule has 0 bridgehead atoms. The summed E-state index contributed by atoms with van der Waals surface area (Å²) in [7, 11) is 0. The molecule has 0 aliphatic heterocycles. The summed E-state index contributed by atoms with van der Waals surface area (Å²) in [4.78, 5) is 8.85. The van der Waals surface area contributed by atoms with Crippen LogP contribution in [0.1, 0.15) is 26.2 Å². The van der Waals surface area contributed by atoms with Gasteiger partial charge in [0.15, 0.2) is 5.65 Å². The number of nitrogens with one attached hydrogen (secondary N) is 3. The monoisotopic (exact) mass is 290 g/mol. The summed E-state index contributed by atoms with van der Waals surface area (Å²) in [6.07, 6.45) is 5.39. The van der Waals surface area contributed by atoms with Gasteiger partial charge in [-0.25, -0.2) is 0 Å². The normalized spacial score (nSPS) is 14.5. The SMILES string of the molecule is CCNc1nc(NCCCOCC2CC2)c2cn[nH]c2n1. The predicted octanol–water partition coefficient (Wildman–Crippen LogP) is 2.01. The molecule has 0 radical (unpaired) electrons. The van der Waals surface area contributed by atoms with Crippen molar-refractivity contribution in [2.75, 3.05) is 36.9 Å². The summed E-state index contributed by atoms with van der Waals surface area (Å²) in [6.45, 7) is 5.35. The first-order chi connectivity index (χ1) is 10.4. The maximum absolute atomic E-state index is 5.63. The summed E-state index contributed by atoms with van der Waals surface area (Å²) < 4.78 is 5.63. The van der Waals surface area contributed by atoms with Crippen molar-refractivity contribution in [1.82, 2.24) is 20.2 Å². The highest BCUT2D eigenvalue weighted by molar-refractivity contribution is 5.86. The van der Waals surface area contributed by atoms with Gasteiger partial charge < -0.3 is 15.4 Å². The van der Waals surface area contributed by atoms with Gasteiger partial charge in [0, 0.05) is 26.3 Å². The third-order valence-corrected chi connectivity index (χ3v) is 3.45. The van der Waals surface area contributed by atoms with Crippen LogP contribution in [0.3, 0.4) is 0 Å². The highest BCUT2D eigenvalue weighted by Crippen LogP contribution is 2.28. The first-order valence-electron chi connectivity index (χ1n) is 7.63. The van der Waals surface area contributed by atoms with E-state index in [1.165, 1.54) is 12.8 Å². The fraction of sp³-hybridized carbons (Fsp3) is 0.643. The van der Waals surface area contributed by atoms with Crippen molar-refractivity contribution in [2.45, 2.75) is 26.2 Å². The molecule has 7 heteroatoms. The standard InChI is InChI=1S/C14H22N6O/c1-2-15-14-18-12(11-8-17-20-13(11)19-14)16-6-3-7-21-9-10-4-5-10/h8,10H,2-7,9H2,1H3,(H3,15,16,17,18,19,20). The summed E-state index contributed by atoms with van der Waals surface area (Å²) in [5, 5.41) is 14.3. The molecule has 2 heterocycles. The Morgan fingerprint density at radius 1 is 1.33 bits per heavy atom. The number of fused-ring (bicyclic) bond motifs is 1. The van der Waals surface area contributed by atoms with E-state index in [0.717, 1.165) is 55.5 Å². The van der Waals surface area contributed by atoms with Crippen molar-refractivity contribution >= 4 is 22.8 Å². The second-order valence-corrected chi connectivity index (χ2v) is 5.36. The van der Waals surface area contributed by atoms with Crippen molar-refractivity contribution in [3.05, 3.63) is 6.20 Å². The Hall–Kier alpha value is -1.89. The van der Waals surface area contributed by atoms with E-state index in [2.05, 4.69) is 30.8 Å². The second-order valence-electron chi connectivity index (χ2n) is 5.36. The summed E-state index contributed by atoms with van der Waals surface area (Å²) in [5.41, 5.74) is 0.744. The lowest BCUT2D eigenvalue weighted by Gasteiger charge is -2.09. The zero-order valence-electron chi connectivity index (χ0n) is 12.4. The van der Waals surface area contributed by atoms with Crippen LogP contribution in [0.2, 0.25) is 0 Å². The van der Waals surface area contributed by atoms with E-state index in [0.29, 0.717) is 5.95 Å².